The van der Waals surface area contributed by atoms with Crippen molar-refractivity contribution in [3.05, 3.63) is 90.3 Å². The molecule has 0 unspecified atom stereocenters. The lowest BCUT2D eigenvalue weighted by molar-refractivity contribution is 0.271. The summed E-state index contributed by atoms with van der Waals surface area (Å²) in [4.78, 5) is 15.6. The molecule has 0 amide bonds. The van der Waals surface area contributed by atoms with Crippen LogP contribution in [0.3, 0.4) is 0 Å². The van der Waals surface area contributed by atoms with Crippen LogP contribution in [-0.2, 0) is 19.6 Å². The van der Waals surface area contributed by atoms with Crippen LogP contribution in [0, 0.1) is 0 Å². The molecule has 0 saturated heterocycles. The summed E-state index contributed by atoms with van der Waals surface area (Å²) >= 11 is 0. The molecule has 6 N–H and O–H groups in total. The summed E-state index contributed by atoms with van der Waals surface area (Å²) in [5.41, 5.74) is 3.28. The molecule has 0 saturated carbocycles. The monoisotopic (exact) mass is 590 g/mol. The quantitative estimate of drug-likeness (QED) is 0.0735. The number of rotatable bonds is 27. The maximum absolute atomic E-state index is 4.36. The molecule has 0 bridgehead atoms. The fraction of sp³-hybridized carbons (Fsp3) is 0.545. The zero-order valence-corrected chi connectivity index (χ0v) is 25.9. The van der Waals surface area contributed by atoms with Crippen LogP contribution >= 0.6 is 0 Å². The Balaban J connectivity index is 1.20. The highest BCUT2D eigenvalue weighted by Gasteiger charge is 2.05. The molecule has 0 aliphatic rings. The first-order valence-corrected chi connectivity index (χ1v) is 16.1. The normalized spacial score (nSPS) is 11.4. The van der Waals surface area contributed by atoms with Crippen LogP contribution in [0.2, 0.25) is 0 Å². The minimum Gasteiger partial charge on any atom is -0.315 e. The first kappa shape index (κ1) is 34.7. The van der Waals surface area contributed by atoms with Crippen molar-refractivity contribution < 1.29 is 0 Å². The van der Waals surface area contributed by atoms with Gasteiger partial charge in [0.2, 0.25) is 0 Å². The van der Waals surface area contributed by atoms with Gasteiger partial charge in [-0.2, -0.15) is 0 Å². The summed E-state index contributed by atoms with van der Waals surface area (Å²) in [6.07, 6.45) is 8.87. The van der Waals surface area contributed by atoms with Crippen LogP contribution < -0.4 is 31.9 Å². The van der Waals surface area contributed by atoms with Gasteiger partial charge in [0.05, 0.1) is 17.1 Å². The molecule has 0 spiro atoms. The molecule has 0 fully saturated rings. The molecule has 0 atom stereocenters. The summed E-state index contributed by atoms with van der Waals surface area (Å²) in [5.74, 6) is 0. The number of hydrogen-bond donors (Lipinski definition) is 6. The number of pyridine rings is 3. The molecule has 10 heteroatoms. The Morgan fingerprint density at radius 2 is 0.721 bits per heavy atom. The summed E-state index contributed by atoms with van der Waals surface area (Å²) in [5, 5.41) is 21.3. The predicted molar refractivity (Wildman–Crippen MR) is 177 cm³/mol. The number of hydrogen-bond acceptors (Lipinski definition) is 10. The van der Waals surface area contributed by atoms with E-state index in [4.69, 9.17) is 0 Å². The largest absolute Gasteiger partial charge is 0.315 e. The van der Waals surface area contributed by atoms with Gasteiger partial charge in [-0.05, 0) is 94.9 Å². The van der Waals surface area contributed by atoms with E-state index in [1.807, 2.05) is 55.0 Å². The van der Waals surface area contributed by atoms with Crippen LogP contribution in [0.15, 0.2) is 73.2 Å². The van der Waals surface area contributed by atoms with Crippen LogP contribution in [0.4, 0.5) is 0 Å². The van der Waals surface area contributed by atoms with Crippen molar-refractivity contribution >= 4 is 0 Å². The second kappa shape index (κ2) is 24.6. The van der Waals surface area contributed by atoms with E-state index in [0.29, 0.717) is 0 Å². The van der Waals surface area contributed by atoms with Crippen molar-refractivity contribution in [2.45, 2.75) is 38.9 Å². The van der Waals surface area contributed by atoms with E-state index >= 15 is 0 Å². The lowest BCUT2D eigenvalue weighted by Crippen LogP contribution is -2.41. The van der Waals surface area contributed by atoms with E-state index in [0.717, 1.165) is 135 Å². The van der Waals surface area contributed by atoms with Gasteiger partial charge in [-0.15, -0.1) is 0 Å². The highest BCUT2D eigenvalue weighted by atomic mass is 15.2. The number of aromatic nitrogens is 3. The van der Waals surface area contributed by atoms with Gasteiger partial charge in [0.25, 0.3) is 0 Å². The molecule has 0 radical (unpaired) electrons. The maximum Gasteiger partial charge on any atom is 0.0541 e. The van der Waals surface area contributed by atoms with Gasteiger partial charge in [-0.25, -0.2) is 0 Å². The summed E-state index contributed by atoms with van der Waals surface area (Å²) in [6, 6.07) is 18.2. The molecule has 43 heavy (non-hydrogen) atoms. The third-order valence-corrected chi connectivity index (χ3v) is 7.03. The Morgan fingerprint density at radius 3 is 1.02 bits per heavy atom. The summed E-state index contributed by atoms with van der Waals surface area (Å²) in [6.45, 7) is 14.7. The molecular formula is C33H54N10. The van der Waals surface area contributed by atoms with Gasteiger partial charge in [-0.1, -0.05) is 18.2 Å². The molecule has 3 aromatic heterocycles. The molecular weight excluding hydrogens is 536 g/mol. The van der Waals surface area contributed by atoms with Gasteiger partial charge in [-0.3, -0.25) is 19.9 Å². The van der Waals surface area contributed by atoms with Crippen LogP contribution in [0.5, 0.6) is 0 Å². The van der Waals surface area contributed by atoms with Crippen molar-refractivity contribution in [1.29, 1.82) is 0 Å². The lowest BCUT2D eigenvalue weighted by atomic mass is 10.3. The van der Waals surface area contributed by atoms with Gasteiger partial charge < -0.3 is 31.9 Å². The zero-order valence-electron chi connectivity index (χ0n) is 25.9. The molecule has 0 aliphatic carbocycles. The van der Waals surface area contributed by atoms with E-state index in [1.54, 1.807) is 0 Å². The average Bonchev–Trinajstić information content (AvgIpc) is 3.05. The topological polar surface area (TPSA) is 114 Å². The third-order valence-electron chi connectivity index (χ3n) is 7.03. The van der Waals surface area contributed by atoms with Crippen LogP contribution in [0.25, 0.3) is 0 Å². The highest BCUT2D eigenvalue weighted by Crippen LogP contribution is 1.94. The third kappa shape index (κ3) is 18.4. The lowest BCUT2D eigenvalue weighted by Gasteiger charge is -2.23. The Bertz CT molecular complexity index is 878. The number of nitrogens with zero attached hydrogens (tertiary/aromatic N) is 4. The maximum atomic E-state index is 4.36. The van der Waals surface area contributed by atoms with E-state index in [1.165, 1.54) is 0 Å². The van der Waals surface area contributed by atoms with Crippen LogP contribution in [0.1, 0.15) is 36.3 Å². The number of nitrogens with one attached hydrogen (secondary N) is 6. The fourth-order valence-corrected chi connectivity index (χ4v) is 4.59. The average molecular weight is 591 g/mol. The smallest absolute Gasteiger partial charge is 0.0541 e. The van der Waals surface area contributed by atoms with E-state index in [-0.39, 0.29) is 0 Å². The minimum absolute atomic E-state index is 0.829. The zero-order chi connectivity index (χ0) is 29.9. The van der Waals surface area contributed by atoms with Gasteiger partial charge >= 0.3 is 0 Å². The Labute approximate surface area is 259 Å². The Morgan fingerprint density at radius 1 is 0.395 bits per heavy atom. The molecule has 236 valence electrons. The highest BCUT2D eigenvalue weighted by molar-refractivity contribution is 5.04. The van der Waals surface area contributed by atoms with E-state index in [2.05, 4.69) is 70.0 Å². The van der Waals surface area contributed by atoms with E-state index in [9.17, 15) is 0 Å². The minimum atomic E-state index is 0.829. The summed E-state index contributed by atoms with van der Waals surface area (Å²) in [7, 11) is 0. The van der Waals surface area contributed by atoms with Gasteiger partial charge in [0, 0.05) is 77.5 Å². The van der Waals surface area contributed by atoms with Crippen LogP contribution in [-0.4, -0.2) is 98.4 Å². The Kier molecular flexibility index (Phi) is 19.8. The van der Waals surface area contributed by atoms with Gasteiger partial charge in [0.15, 0.2) is 0 Å². The molecule has 3 heterocycles. The van der Waals surface area contributed by atoms with Crippen molar-refractivity contribution in [2.75, 3.05) is 78.5 Å². The molecule has 3 aromatic rings. The predicted octanol–water partition coefficient (Wildman–Crippen LogP) is 1.78. The van der Waals surface area contributed by atoms with Crippen molar-refractivity contribution in [3.8, 4) is 0 Å². The second-order valence-electron chi connectivity index (χ2n) is 10.6. The summed E-state index contributed by atoms with van der Waals surface area (Å²) < 4.78 is 0. The molecule has 10 nitrogen and oxygen atoms in total. The van der Waals surface area contributed by atoms with Crippen molar-refractivity contribution in [3.63, 3.8) is 0 Å². The standard InChI is InChI=1S/C33H54N10/c1-4-19-40-31(10-1)28-37-16-7-13-34-22-25-43(26-23-35-14-8-17-38-29-32-11-2-5-20-41-32)27-24-36-15-9-18-39-30-33-12-3-6-21-42-33/h1-6,10-12,19-21,34-39H,7-9,13-18,22-30H2. The molecule has 3 rings (SSSR count). The molecule has 0 aromatic carbocycles. The Hall–Kier alpha value is -2.83. The first-order chi connectivity index (χ1) is 21.4. The SMILES string of the molecule is c1ccc(CNCCCNCCN(CCNCCCNCc2ccccn2)CCNCCCNCc2ccccn2)nc1. The second-order valence-corrected chi connectivity index (χ2v) is 10.6. The van der Waals surface area contributed by atoms with Crippen molar-refractivity contribution in [2.24, 2.45) is 0 Å². The van der Waals surface area contributed by atoms with Gasteiger partial charge in [0.1, 0.15) is 0 Å². The molecule has 0 aliphatic heterocycles. The fourth-order valence-electron chi connectivity index (χ4n) is 4.59. The van der Waals surface area contributed by atoms with Crippen molar-refractivity contribution in [1.82, 2.24) is 51.8 Å². The van der Waals surface area contributed by atoms with E-state index < -0.39 is 0 Å². The first-order valence-electron chi connectivity index (χ1n) is 16.1.